The molecule has 0 fully saturated rings. The number of aryl methyl sites for hydroxylation is 1. The fourth-order valence-electron chi connectivity index (χ4n) is 3.30. The van der Waals surface area contributed by atoms with Crippen molar-refractivity contribution in [1.82, 2.24) is 4.90 Å². The number of nitrogens with zero attached hydrogens (tertiary/aromatic N) is 2. The summed E-state index contributed by atoms with van der Waals surface area (Å²) in [5.74, 6) is -0.0210. The highest BCUT2D eigenvalue weighted by molar-refractivity contribution is 7.12. The number of amides is 1. The Labute approximate surface area is 179 Å². The number of thiophene rings is 1. The third kappa shape index (κ3) is 4.69. The molecule has 4 nitrogen and oxygen atoms in total. The molecule has 6 heteroatoms. The second-order valence-electron chi connectivity index (χ2n) is 7.09. The van der Waals surface area contributed by atoms with Crippen molar-refractivity contribution < 1.29 is 9.63 Å². The maximum Gasteiger partial charge on any atom is 0.264 e. The van der Waals surface area contributed by atoms with Gasteiger partial charge in [0.05, 0.1) is 17.1 Å². The van der Waals surface area contributed by atoms with E-state index in [1.807, 2.05) is 41.8 Å². The fourth-order valence-corrected chi connectivity index (χ4v) is 4.18. The van der Waals surface area contributed by atoms with Crippen molar-refractivity contribution in [2.45, 2.75) is 26.0 Å². The van der Waals surface area contributed by atoms with Gasteiger partial charge in [-0.2, -0.15) is 0 Å². The van der Waals surface area contributed by atoms with Gasteiger partial charge in [-0.15, -0.1) is 11.3 Å². The van der Waals surface area contributed by atoms with E-state index < -0.39 is 0 Å². The Kier molecular flexibility index (Phi) is 5.97. The van der Waals surface area contributed by atoms with Gasteiger partial charge in [0, 0.05) is 18.0 Å². The minimum atomic E-state index is -0.183. The molecule has 0 spiro atoms. The minimum absolute atomic E-state index is 0.0210. The molecule has 1 amide bonds. The molecule has 4 rings (SSSR count). The van der Waals surface area contributed by atoms with Crippen LogP contribution in [0.4, 0.5) is 0 Å². The van der Waals surface area contributed by atoms with Crippen LogP contribution in [0.15, 0.2) is 71.2 Å². The van der Waals surface area contributed by atoms with Crippen LogP contribution in [-0.2, 0) is 11.4 Å². The average molecular weight is 425 g/mol. The molecule has 1 aromatic heterocycles. The maximum atomic E-state index is 13.1. The number of halogens is 1. The monoisotopic (exact) mass is 424 g/mol. The Hall–Kier alpha value is -2.63. The molecular weight excluding hydrogens is 404 g/mol. The van der Waals surface area contributed by atoms with Crippen LogP contribution >= 0.6 is 22.9 Å². The predicted molar refractivity (Wildman–Crippen MR) is 118 cm³/mol. The highest BCUT2D eigenvalue weighted by atomic mass is 35.5. The van der Waals surface area contributed by atoms with Crippen LogP contribution in [-0.4, -0.2) is 29.2 Å². The molecule has 0 radical (unpaired) electrons. The van der Waals surface area contributed by atoms with Crippen LogP contribution in [0.25, 0.3) is 0 Å². The van der Waals surface area contributed by atoms with Crippen molar-refractivity contribution in [2.24, 2.45) is 5.16 Å². The van der Waals surface area contributed by atoms with E-state index in [1.165, 1.54) is 16.9 Å². The number of carbonyl (C=O) groups is 1. The van der Waals surface area contributed by atoms with Crippen LogP contribution in [0.5, 0.6) is 0 Å². The fraction of sp³-hybridized carbons (Fsp3) is 0.217. The lowest BCUT2D eigenvalue weighted by molar-refractivity contribution is 0.0408. The summed E-state index contributed by atoms with van der Waals surface area (Å²) < 4.78 is 0. The zero-order chi connectivity index (χ0) is 20.2. The van der Waals surface area contributed by atoms with Gasteiger partial charge in [-0.25, -0.2) is 0 Å². The van der Waals surface area contributed by atoms with E-state index in [1.54, 1.807) is 4.90 Å². The summed E-state index contributed by atoms with van der Waals surface area (Å²) in [7, 11) is 0. The molecule has 148 valence electrons. The lowest BCUT2D eigenvalue weighted by Crippen LogP contribution is -2.37. The molecular formula is C23H21ClN2O2S. The van der Waals surface area contributed by atoms with Crippen molar-refractivity contribution in [3.05, 3.63) is 92.6 Å². The van der Waals surface area contributed by atoms with Crippen molar-refractivity contribution in [3.8, 4) is 0 Å². The highest BCUT2D eigenvalue weighted by Crippen LogP contribution is 2.23. The van der Waals surface area contributed by atoms with Gasteiger partial charge in [-0.3, -0.25) is 4.79 Å². The lowest BCUT2D eigenvalue weighted by atomic mass is 10.0. The number of rotatable bonds is 6. The average Bonchev–Trinajstić information content (AvgIpc) is 3.41. The maximum absolute atomic E-state index is 13.1. The van der Waals surface area contributed by atoms with E-state index in [0.717, 1.165) is 16.8 Å². The van der Waals surface area contributed by atoms with Crippen molar-refractivity contribution in [1.29, 1.82) is 0 Å². The van der Waals surface area contributed by atoms with Gasteiger partial charge in [0.25, 0.3) is 5.91 Å². The Balaban J connectivity index is 1.49. The highest BCUT2D eigenvalue weighted by Gasteiger charge is 2.28. The smallest absolute Gasteiger partial charge is 0.264 e. The number of hydrogen-bond donors (Lipinski definition) is 0. The number of oxime groups is 1. The van der Waals surface area contributed by atoms with Gasteiger partial charge in [0.2, 0.25) is 0 Å². The first-order valence-corrected chi connectivity index (χ1v) is 10.7. The summed E-state index contributed by atoms with van der Waals surface area (Å²) in [6, 6.07) is 19.6. The molecule has 3 aromatic rings. The van der Waals surface area contributed by atoms with E-state index in [0.29, 0.717) is 29.4 Å². The number of benzene rings is 2. The summed E-state index contributed by atoms with van der Waals surface area (Å²) in [6.07, 6.45) is 0.484. The molecule has 0 aliphatic carbocycles. The Morgan fingerprint density at radius 1 is 1.17 bits per heavy atom. The molecule has 1 aliphatic rings. The minimum Gasteiger partial charge on any atom is -0.390 e. The summed E-state index contributed by atoms with van der Waals surface area (Å²) >= 11 is 7.78. The summed E-state index contributed by atoms with van der Waals surface area (Å²) in [6.45, 7) is 2.93. The first kappa shape index (κ1) is 19.7. The standard InChI is InChI=1S/C23H21ClN2O2S/c1-16-8-10-17(11-9-16)21-13-19(28-25-21)15-26(23(27)22-7-4-12-29-22)14-18-5-2-3-6-20(18)24/h2-12,19H,13-15H2,1H3/t19-/m0/s1. The first-order chi connectivity index (χ1) is 14.1. The summed E-state index contributed by atoms with van der Waals surface area (Å²) in [4.78, 5) is 21.3. The number of hydrogen-bond acceptors (Lipinski definition) is 4. The SMILES string of the molecule is Cc1ccc(C2=NO[C@H](CN(Cc3ccccc3Cl)C(=O)c3cccs3)C2)cc1. The van der Waals surface area contributed by atoms with Crippen LogP contribution in [0.2, 0.25) is 5.02 Å². The second-order valence-corrected chi connectivity index (χ2v) is 8.44. The van der Waals surface area contributed by atoms with Crippen LogP contribution in [0.3, 0.4) is 0 Å². The van der Waals surface area contributed by atoms with E-state index in [-0.39, 0.29) is 12.0 Å². The molecule has 0 bridgehead atoms. The third-order valence-corrected chi connectivity index (χ3v) is 6.11. The second kappa shape index (κ2) is 8.80. The molecule has 0 saturated heterocycles. The van der Waals surface area contributed by atoms with E-state index >= 15 is 0 Å². The number of carbonyl (C=O) groups excluding carboxylic acids is 1. The Morgan fingerprint density at radius 2 is 1.97 bits per heavy atom. The summed E-state index contributed by atoms with van der Waals surface area (Å²) in [5, 5.41) is 6.83. The largest absolute Gasteiger partial charge is 0.390 e. The van der Waals surface area contributed by atoms with E-state index in [9.17, 15) is 4.79 Å². The quantitative estimate of drug-likeness (QED) is 0.520. The molecule has 2 aromatic carbocycles. The van der Waals surface area contributed by atoms with Crippen molar-refractivity contribution in [3.63, 3.8) is 0 Å². The lowest BCUT2D eigenvalue weighted by Gasteiger charge is -2.25. The van der Waals surface area contributed by atoms with Gasteiger partial charge in [0.15, 0.2) is 6.10 Å². The van der Waals surface area contributed by atoms with Crippen molar-refractivity contribution in [2.75, 3.05) is 6.54 Å². The Bertz CT molecular complexity index is 1020. The van der Waals surface area contributed by atoms with Crippen molar-refractivity contribution >= 4 is 34.6 Å². The van der Waals surface area contributed by atoms with Crippen LogP contribution in [0.1, 0.15) is 32.8 Å². The Morgan fingerprint density at radius 3 is 2.69 bits per heavy atom. The molecule has 1 aliphatic heterocycles. The van der Waals surface area contributed by atoms with Gasteiger partial charge >= 0.3 is 0 Å². The van der Waals surface area contributed by atoms with Gasteiger partial charge in [0.1, 0.15) is 0 Å². The summed E-state index contributed by atoms with van der Waals surface area (Å²) in [5.41, 5.74) is 4.09. The zero-order valence-electron chi connectivity index (χ0n) is 16.0. The molecule has 0 unspecified atom stereocenters. The third-order valence-electron chi connectivity index (χ3n) is 4.88. The van der Waals surface area contributed by atoms with Crippen LogP contribution < -0.4 is 0 Å². The first-order valence-electron chi connectivity index (χ1n) is 9.46. The van der Waals surface area contributed by atoms with Gasteiger partial charge < -0.3 is 9.74 Å². The zero-order valence-corrected chi connectivity index (χ0v) is 17.6. The molecule has 0 saturated carbocycles. The molecule has 1 atom stereocenters. The predicted octanol–water partition coefficient (Wildman–Crippen LogP) is 5.55. The molecule has 29 heavy (non-hydrogen) atoms. The van der Waals surface area contributed by atoms with Gasteiger partial charge in [-0.1, -0.05) is 70.9 Å². The van der Waals surface area contributed by atoms with Crippen LogP contribution in [0, 0.1) is 6.92 Å². The molecule has 0 N–H and O–H groups in total. The van der Waals surface area contributed by atoms with Gasteiger partial charge in [-0.05, 0) is 35.6 Å². The molecule has 2 heterocycles. The normalized spacial score (nSPS) is 15.7. The van der Waals surface area contributed by atoms with E-state index in [4.69, 9.17) is 16.4 Å². The topological polar surface area (TPSA) is 41.9 Å². The van der Waals surface area contributed by atoms with E-state index in [2.05, 4.69) is 36.3 Å².